The first kappa shape index (κ1) is 33.6. The highest BCUT2D eigenvalue weighted by Crippen LogP contribution is 2.20. The highest BCUT2D eigenvalue weighted by Gasteiger charge is 2.32. The number of carbonyl (C=O) groups excluding carboxylic acids is 4. The molecule has 0 fully saturated rings. The third kappa shape index (κ3) is 9.30. The lowest BCUT2D eigenvalue weighted by Gasteiger charge is -2.26. The Morgan fingerprint density at radius 2 is 1.45 bits per heavy atom. The minimum atomic E-state index is -1.44. The van der Waals surface area contributed by atoms with Gasteiger partial charge >= 0.3 is 5.97 Å². The minimum Gasteiger partial charge on any atom is -0.508 e. The van der Waals surface area contributed by atoms with E-state index in [9.17, 15) is 34.2 Å². The summed E-state index contributed by atoms with van der Waals surface area (Å²) in [5, 5.41) is 27.9. The van der Waals surface area contributed by atoms with Crippen LogP contribution in [0.25, 0.3) is 10.9 Å². The number of H-pyrrole nitrogens is 1. The van der Waals surface area contributed by atoms with Gasteiger partial charge in [0, 0.05) is 36.4 Å². The summed E-state index contributed by atoms with van der Waals surface area (Å²) in [4.78, 5) is 66.5. The molecule has 1 heterocycles. The third-order valence-corrected chi connectivity index (χ3v) is 7.59. The van der Waals surface area contributed by atoms with Crippen molar-refractivity contribution >= 4 is 40.5 Å². The van der Waals surface area contributed by atoms with Gasteiger partial charge in [-0.25, -0.2) is 4.79 Å². The van der Waals surface area contributed by atoms with Crippen LogP contribution in [-0.2, 0) is 36.8 Å². The van der Waals surface area contributed by atoms with Crippen LogP contribution in [0.1, 0.15) is 44.2 Å². The van der Waals surface area contributed by atoms with E-state index in [4.69, 9.17) is 11.5 Å². The van der Waals surface area contributed by atoms with Crippen molar-refractivity contribution in [2.75, 3.05) is 0 Å². The van der Waals surface area contributed by atoms with E-state index in [2.05, 4.69) is 20.9 Å². The van der Waals surface area contributed by atoms with E-state index in [0.717, 1.165) is 16.5 Å². The number of nitrogens with two attached hydrogens (primary N) is 2. The third-order valence-electron chi connectivity index (χ3n) is 7.59. The molecule has 13 heteroatoms. The first-order chi connectivity index (χ1) is 20.9. The van der Waals surface area contributed by atoms with Crippen molar-refractivity contribution < 1.29 is 34.2 Å². The summed E-state index contributed by atoms with van der Waals surface area (Å²) >= 11 is 0. The molecule has 2 aromatic carbocycles. The number of rotatable bonds is 16. The van der Waals surface area contributed by atoms with Crippen LogP contribution in [0.15, 0.2) is 54.7 Å². The molecule has 236 valence electrons. The van der Waals surface area contributed by atoms with Gasteiger partial charge in [-0.3, -0.25) is 19.2 Å². The molecule has 0 aliphatic heterocycles. The number of aromatic hydroxyl groups is 1. The van der Waals surface area contributed by atoms with Crippen LogP contribution in [0.5, 0.6) is 5.75 Å². The maximum absolute atomic E-state index is 13.8. The molecule has 1 aromatic heterocycles. The molecular weight excluding hydrogens is 568 g/mol. The number of carboxylic acids is 1. The Morgan fingerprint density at radius 1 is 0.864 bits per heavy atom. The number of aliphatic carboxylic acids is 1. The number of hydrogen-bond acceptors (Lipinski definition) is 7. The number of fused-ring (bicyclic) bond motifs is 1. The number of carboxylic acid groups (broad SMARTS) is 1. The van der Waals surface area contributed by atoms with Crippen molar-refractivity contribution in [1.82, 2.24) is 20.9 Å². The molecule has 0 radical (unpaired) electrons. The molecule has 5 atom stereocenters. The van der Waals surface area contributed by atoms with Gasteiger partial charge in [-0.2, -0.15) is 0 Å². The molecule has 5 unspecified atom stereocenters. The average Bonchev–Trinajstić information content (AvgIpc) is 3.40. The molecule has 3 rings (SSSR count). The van der Waals surface area contributed by atoms with Gasteiger partial charge in [0.15, 0.2) is 0 Å². The Bertz CT molecular complexity index is 1470. The lowest BCUT2D eigenvalue weighted by molar-refractivity contribution is -0.142. The highest BCUT2D eigenvalue weighted by atomic mass is 16.4. The Labute approximate surface area is 254 Å². The maximum Gasteiger partial charge on any atom is 0.326 e. The molecule has 4 amide bonds. The number of carbonyl (C=O) groups is 5. The number of benzene rings is 2. The number of hydrogen-bond donors (Lipinski definition) is 8. The molecule has 0 bridgehead atoms. The SMILES string of the molecule is CCC(C)C(N)C(=O)NC(Cc1c[nH]c2ccccc12)C(=O)NC(Cc1ccc(O)cc1)C(=O)NC(CCC(N)=O)C(=O)O. The van der Waals surface area contributed by atoms with Crippen molar-refractivity contribution in [2.45, 2.75) is 70.1 Å². The first-order valence-corrected chi connectivity index (χ1v) is 14.4. The molecule has 0 aliphatic carbocycles. The topological polar surface area (TPSA) is 230 Å². The van der Waals surface area contributed by atoms with Crippen molar-refractivity contribution in [1.29, 1.82) is 0 Å². The molecule has 0 aliphatic rings. The predicted molar refractivity (Wildman–Crippen MR) is 163 cm³/mol. The fourth-order valence-electron chi connectivity index (χ4n) is 4.68. The Kier molecular flexibility index (Phi) is 11.9. The number of phenolic OH excluding ortho intramolecular Hbond substituents is 1. The van der Waals surface area contributed by atoms with Crippen LogP contribution < -0.4 is 27.4 Å². The molecule has 44 heavy (non-hydrogen) atoms. The average molecular weight is 609 g/mol. The van der Waals surface area contributed by atoms with Gasteiger partial charge in [-0.15, -0.1) is 0 Å². The van der Waals surface area contributed by atoms with Gasteiger partial charge in [0.2, 0.25) is 23.6 Å². The zero-order chi connectivity index (χ0) is 32.4. The number of para-hydroxylation sites is 1. The number of aromatic nitrogens is 1. The minimum absolute atomic E-state index is 0.00432. The van der Waals surface area contributed by atoms with E-state index in [1.807, 2.05) is 38.1 Å². The predicted octanol–water partition coefficient (Wildman–Crippen LogP) is 0.837. The smallest absolute Gasteiger partial charge is 0.326 e. The maximum atomic E-state index is 13.8. The lowest BCUT2D eigenvalue weighted by Crippen LogP contribution is -2.58. The zero-order valence-corrected chi connectivity index (χ0v) is 24.7. The zero-order valence-electron chi connectivity index (χ0n) is 24.7. The van der Waals surface area contributed by atoms with Gasteiger partial charge in [-0.1, -0.05) is 50.6 Å². The van der Waals surface area contributed by atoms with Gasteiger partial charge < -0.3 is 42.6 Å². The summed E-state index contributed by atoms with van der Waals surface area (Å²) in [6.07, 6.45) is 1.86. The molecule has 10 N–H and O–H groups in total. The van der Waals surface area contributed by atoms with Crippen molar-refractivity contribution in [3.8, 4) is 5.75 Å². The lowest BCUT2D eigenvalue weighted by atomic mass is 9.97. The number of aromatic amines is 1. The first-order valence-electron chi connectivity index (χ1n) is 14.4. The monoisotopic (exact) mass is 608 g/mol. The van der Waals surface area contributed by atoms with Gasteiger partial charge in [0.1, 0.15) is 23.9 Å². The number of phenols is 1. The summed E-state index contributed by atoms with van der Waals surface area (Å²) in [6.45, 7) is 3.72. The summed E-state index contributed by atoms with van der Waals surface area (Å²) in [5.74, 6) is -4.32. The molecule has 3 aromatic rings. The van der Waals surface area contributed by atoms with E-state index < -0.39 is 53.8 Å². The Hall–Kier alpha value is -4.91. The van der Waals surface area contributed by atoms with Gasteiger partial charge in [-0.05, 0) is 41.7 Å². The quantitative estimate of drug-likeness (QED) is 0.116. The second-order valence-electron chi connectivity index (χ2n) is 10.9. The summed E-state index contributed by atoms with van der Waals surface area (Å²) < 4.78 is 0. The van der Waals surface area contributed by atoms with E-state index in [-0.39, 0.29) is 37.4 Å². The largest absolute Gasteiger partial charge is 0.508 e. The molecule has 0 saturated carbocycles. The van der Waals surface area contributed by atoms with E-state index >= 15 is 0 Å². The van der Waals surface area contributed by atoms with Crippen LogP contribution in [0.4, 0.5) is 0 Å². The number of primary amides is 1. The van der Waals surface area contributed by atoms with Crippen LogP contribution in [0.3, 0.4) is 0 Å². The van der Waals surface area contributed by atoms with Crippen LogP contribution in [-0.4, -0.2) is 69.0 Å². The summed E-state index contributed by atoms with van der Waals surface area (Å²) in [7, 11) is 0. The number of nitrogens with one attached hydrogen (secondary N) is 4. The number of amides is 4. The van der Waals surface area contributed by atoms with E-state index in [1.165, 1.54) is 12.1 Å². The second kappa shape index (κ2) is 15.5. The highest BCUT2D eigenvalue weighted by molar-refractivity contribution is 5.95. The van der Waals surface area contributed by atoms with Crippen molar-refractivity contribution in [2.24, 2.45) is 17.4 Å². The fraction of sp³-hybridized carbons (Fsp3) is 0.387. The fourth-order valence-corrected chi connectivity index (χ4v) is 4.68. The standard InChI is InChI=1S/C31H40N6O7/c1-3-17(2)27(33)30(42)37-25(15-19-16-34-22-7-5-4-6-21(19)22)29(41)36-24(14-18-8-10-20(38)11-9-18)28(40)35-23(31(43)44)12-13-26(32)39/h4-11,16-17,23-25,27,34,38H,3,12-15,33H2,1-2H3,(H2,32,39)(H,35,40)(H,36,41)(H,37,42)(H,43,44). The molecule has 0 saturated heterocycles. The molecular formula is C31H40N6O7. The van der Waals surface area contributed by atoms with Gasteiger partial charge in [0.25, 0.3) is 0 Å². The molecule has 13 nitrogen and oxygen atoms in total. The molecule has 0 spiro atoms. The Morgan fingerprint density at radius 3 is 2.07 bits per heavy atom. The second-order valence-corrected chi connectivity index (χ2v) is 10.9. The summed E-state index contributed by atoms with van der Waals surface area (Å²) in [5.41, 5.74) is 13.5. The van der Waals surface area contributed by atoms with Gasteiger partial charge in [0.05, 0.1) is 6.04 Å². The van der Waals surface area contributed by atoms with E-state index in [1.54, 1.807) is 18.3 Å². The summed E-state index contributed by atoms with van der Waals surface area (Å²) in [6, 6.07) is 8.65. The van der Waals surface area contributed by atoms with E-state index in [0.29, 0.717) is 12.0 Å². The van der Waals surface area contributed by atoms with Crippen molar-refractivity contribution in [3.63, 3.8) is 0 Å². The van der Waals surface area contributed by atoms with Crippen LogP contribution in [0, 0.1) is 5.92 Å². The van der Waals surface area contributed by atoms with Crippen LogP contribution in [0.2, 0.25) is 0 Å². The van der Waals surface area contributed by atoms with Crippen molar-refractivity contribution in [3.05, 3.63) is 65.9 Å². The van der Waals surface area contributed by atoms with Crippen LogP contribution >= 0.6 is 0 Å². The normalized spacial score (nSPS) is 14.5. The Balaban J connectivity index is 1.91.